The van der Waals surface area contributed by atoms with Crippen molar-refractivity contribution in [2.45, 2.75) is 48.5 Å². The molecule has 0 aliphatic heterocycles. The van der Waals surface area contributed by atoms with E-state index < -0.39 is 16.7 Å². The third-order valence-corrected chi connectivity index (χ3v) is 2.11. The standard InChI is InChI=1S/C10H19NO2.CH4/c1-9(2,3)7(12)6-10(4,5)8(11)13;/h6H2,1-5H3,(H2,11,13);1H4. The topological polar surface area (TPSA) is 60.2 Å². The molecule has 1 amide bonds. The van der Waals surface area contributed by atoms with Gasteiger partial charge in [0.25, 0.3) is 0 Å². The number of hydrogen-bond acceptors (Lipinski definition) is 2. The van der Waals surface area contributed by atoms with E-state index in [1.54, 1.807) is 13.8 Å². The van der Waals surface area contributed by atoms with Crippen LogP contribution in [0.25, 0.3) is 0 Å². The zero-order valence-electron chi connectivity index (χ0n) is 9.10. The number of Topliss-reactive ketones (excluding diaryl/α,β-unsaturated/α-hetero) is 1. The van der Waals surface area contributed by atoms with Crippen LogP contribution in [0.4, 0.5) is 0 Å². The molecule has 14 heavy (non-hydrogen) atoms. The Balaban J connectivity index is 0. The van der Waals surface area contributed by atoms with Crippen LogP contribution in [0.2, 0.25) is 0 Å². The molecule has 0 aliphatic rings. The minimum absolute atomic E-state index is 0. The molecule has 0 unspecified atom stereocenters. The Morgan fingerprint density at radius 1 is 1.07 bits per heavy atom. The van der Waals surface area contributed by atoms with Gasteiger partial charge in [0.05, 0.1) is 5.41 Å². The average Bonchev–Trinajstić information content (AvgIpc) is 1.83. The number of ketones is 1. The zero-order chi connectivity index (χ0) is 10.9. The molecule has 0 bridgehead atoms. The summed E-state index contributed by atoms with van der Waals surface area (Å²) < 4.78 is 0. The molecule has 3 heteroatoms. The van der Waals surface area contributed by atoms with Gasteiger partial charge < -0.3 is 5.73 Å². The van der Waals surface area contributed by atoms with Crippen molar-refractivity contribution in [3.8, 4) is 0 Å². The Labute approximate surface area is 87.1 Å². The summed E-state index contributed by atoms with van der Waals surface area (Å²) in [6.07, 6.45) is 0.214. The van der Waals surface area contributed by atoms with Gasteiger partial charge in [-0.2, -0.15) is 0 Å². The van der Waals surface area contributed by atoms with Gasteiger partial charge in [0.2, 0.25) is 5.91 Å². The molecule has 0 spiro atoms. The summed E-state index contributed by atoms with van der Waals surface area (Å²) in [5, 5.41) is 0. The molecule has 0 heterocycles. The van der Waals surface area contributed by atoms with Crippen molar-refractivity contribution < 1.29 is 9.59 Å². The average molecular weight is 201 g/mol. The van der Waals surface area contributed by atoms with Gasteiger partial charge in [-0.25, -0.2) is 0 Å². The van der Waals surface area contributed by atoms with E-state index in [4.69, 9.17) is 5.73 Å². The summed E-state index contributed by atoms with van der Waals surface area (Å²) in [7, 11) is 0. The van der Waals surface area contributed by atoms with Crippen molar-refractivity contribution in [1.82, 2.24) is 0 Å². The number of primary amides is 1. The predicted octanol–water partition coefficient (Wildman–Crippen LogP) is 2.14. The maximum atomic E-state index is 11.6. The fourth-order valence-electron chi connectivity index (χ4n) is 0.754. The Hall–Kier alpha value is -0.860. The number of amides is 1. The summed E-state index contributed by atoms with van der Waals surface area (Å²) >= 11 is 0. The van der Waals surface area contributed by atoms with Gasteiger partial charge in [0.1, 0.15) is 5.78 Å². The SMILES string of the molecule is C.CC(C)(C)C(=O)CC(C)(C)C(N)=O. The lowest BCUT2D eigenvalue weighted by Gasteiger charge is -2.24. The monoisotopic (exact) mass is 201 g/mol. The van der Waals surface area contributed by atoms with Crippen LogP contribution in [-0.2, 0) is 9.59 Å². The molecule has 0 saturated heterocycles. The highest BCUT2D eigenvalue weighted by Gasteiger charge is 2.32. The Kier molecular flexibility index (Phi) is 5.10. The van der Waals surface area contributed by atoms with Gasteiger partial charge in [-0.1, -0.05) is 42.0 Å². The van der Waals surface area contributed by atoms with E-state index in [2.05, 4.69) is 0 Å². The lowest BCUT2D eigenvalue weighted by molar-refractivity contribution is -0.135. The van der Waals surface area contributed by atoms with Crippen molar-refractivity contribution >= 4 is 11.7 Å². The first-order valence-corrected chi connectivity index (χ1v) is 4.40. The van der Waals surface area contributed by atoms with Crippen molar-refractivity contribution in [3.05, 3.63) is 0 Å². The predicted molar refractivity (Wildman–Crippen MR) is 58.8 cm³/mol. The first-order chi connectivity index (χ1) is 5.57. The molecule has 0 rings (SSSR count). The first kappa shape index (κ1) is 15.6. The molecule has 0 aliphatic carbocycles. The van der Waals surface area contributed by atoms with Crippen LogP contribution >= 0.6 is 0 Å². The van der Waals surface area contributed by atoms with Gasteiger partial charge in [0, 0.05) is 11.8 Å². The smallest absolute Gasteiger partial charge is 0.223 e. The van der Waals surface area contributed by atoms with E-state index in [1.807, 2.05) is 20.8 Å². The van der Waals surface area contributed by atoms with E-state index in [9.17, 15) is 9.59 Å². The van der Waals surface area contributed by atoms with Crippen molar-refractivity contribution in [1.29, 1.82) is 0 Å². The Morgan fingerprint density at radius 2 is 1.43 bits per heavy atom. The van der Waals surface area contributed by atoms with Gasteiger partial charge in [-0.3, -0.25) is 9.59 Å². The van der Waals surface area contributed by atoms with Crippen LogP contribution < -0.4 is 5.73 Å². The highest BCUT2D eigenvalue weighted by Crippen LogP contribution is 2.26. The van der Waals surface area contributed by atoms with E-state index in [1.165, 1.54) is 0 Å². The van der Waals surface area contributed by atoms with Crippen LogP contribution in [0.1, 0.15) is 48.5 Å². The maximum Gasteiger partial charge on any atom is 0.223 e. The normalized spacial score (nSPS) is 11.8. The van der Waals surface area contributed by atoms with Gasteiger partial charge in [0.15, 0.2) is 0 Å². The van der Waals surface area contributed by atoms with Crippen LogP contribution in [0, 0.1) is 10.8 Å². The lowest BCUT2D eigenvalue weighted by atomic mass is 9.78. The zero-order valence-corrected chi connectivity index (χ0v) is 9.10. The maximum absolute atomic E-state index is 11.6. The highest BCUT2D eigenvalue weighted by molar-refractivity contribution is 5.90. The van der Waals surface area contributed by atoms with E-state index in [0.29, 0.717) is 0 Å². The third-order valence-electron chi connectivity index (χ3n) is 2.11. The molecule has 0 aromatic rings. The number of hydrogen-bond donors (Lipinski definition) is 1. The second-order valence-electron chi connectivity index (χ2n) is 5.10. The minimum atomic E-state index is -0.732. The molecule has 0 atom stereocenters. The molecule has 0 aromatic carbocycles. The number of carbonyl (C=O) groups is 2. The molecular weight excluding hydrogens is 178 g/mol. The molecule has 0 saturated carbocycles. The van der Waals surface area contributed by atoms with Gasteiger partial charge in [-0.05, 0) is 0 Å². The van der Waals surface area contributed by atoms with Crippen molar-refractivity contribution in [2.24, 2.45) is 16.6 Å². The summed E-state index contributed by atoms with van der Waals surface area (Å²) in [5.74, 6) is -0.360. The molecule has 84 valence electrons. The van der Waals surface area contributed by atoms with Crippen LogP contribution in [0.5, 0.6) is 0 Å². The van der Waals surface area contributed by atoms with E-state index in [-0.39, 0.29) is 19.6 Å². The van der Waals surface area contributed by atoms with Gasteiger partial charge in [-0.15, -0.1) is 0 Å². The highest BCUT2D eigenvalue weighted by atomic mass is 16.1. The Bertz CT molecular complexity index is 224. The number of carbonyl (C=O) groups excluding carboxylic acids is 2. The summed E-state index contributed by atoms with van der Waals surface area (Å²) in [6.45, 7) is 8.91. The second kappa shape index (κ2) is 4.58. The molecule has 0 fully saturated rings. The van der Waals surface area contributed by atoms with E-state index >= 15 is 0 Å². The molecular formula is C11H23NO2. The van der Waals surface area contributed by atoms with Crippen LogP contribution in [0.15, 0.2) is 0 Å². The largest absolute Gasteiger partial charge is 0.369 e. The summed E-state index contributed by atoms with van der Waals surface area (Å²) in [6, 6.07) is 0. The quantitative estimate of drug-likeness (QED) is 0.760. The summed E-state index contributed by atoms with van der Waals surface area (Å²) in [5.41, 5.74) is 4.04. The van der Waals surface area contributed by atoms with E-state index in [0.717, 1.165) is 0 Å². The fraction of sp³-hybridized carbons (Fsp3) is 0.818. The minimum Gasteiger partial charge on any atom is -0.369 e. The number of nitrogens with two attached hydrogens (primary N) is 1. The van der Waals surface area contributed by atoms with Crippen LogP contribution in [0.3, 0.4) is 0 Å². The van der Waals surface area contributed by atoms with Crippen LogP contribution in [-0.4, -0.2) is 11.7 Å². The molecule has 0 radical (unpaired) electrons. The fourth-order valence-corrected chi connectivity index (χ4v) is 0.754. The molecule has 0 aromatic heterocycles. The lowest BCUT2D eigenvalue weighted by Crippen LogP contribution is -2.36. The first-order valence-electron chi connectivity index (χ1n) is 4.40. The molecule has 3 nitrogen and oxygen atoms in total. The number of rotatable bonds is 3. The Morgan fingerprint density at radius 3 is 1.64 bits per heavy atom. The molecule has 2 N–H and O–H groups in total. The third kappa shape index (κ3) is 4.40. The second-order valence-corrected chi connectivity index (χ2v) is 5.10. The van der Waals surface area contributed by atoms with Crippen molar-refractivity contribution in [2.75, 3.05) is 0 Å². The van der Waals surface area contributed by atoms with Crippen molar-refractivity contribution in [3.63, 3.8) is 0 Å². The summed E-state index contributed by atoms with van der Waals surface area (Å²) in [4.78, 5) is 22.5. The van der Waals surface area contributed by atoms with Gasteiger partial charge >= 0.3 is 0 Å².